The predicted molar refractivity (Wildman–Crippen MR) is 72.6 cm³/mol. The molecule has 0 heterocycles. The molecule has 2 fully saturated rings. The Kier molecular flexibility index (Phi) is 3.61. The fraction of sp³-hybridized carbons (Fsp3) is 0.812. The average molecular weight is 231 g/mol. The lowest BCUT2D eigenvalue weighted by Gasteiger charge is -2.42. The quantitative estimate of drug-likeness (QED) is 0.479. The third-order valence-electron chi connectivity index (χ3n) is 5.16. The monoisotopic (exact) mass is 231 g/mol. The second kappa shape index (κ2) is 4.84. The number of nitrogens with zero attached hydrogens (tertiary/aromatic N) is 1. The highest BCUT2D eigenvalue weighted by atomic mass is 14.6. The molecule has 0 bridgehead atoms. The summed E-state index contributed by atoms with van der Waals surface area (Å²) in [5, 5.41) is 0. The summed E-state index contributed by atoms with van der Waals surface area (Å²) in [6.45, 7) is 14.6. The van der Waals surface area contributed by atoms with E-state index in [1.165, 1.54) is 37.7 Å². The molecule has 0 aromatic rings. The van der Waals surface area contributed by atoms with Gasteiger partial charge in [-0.2, -0.15) is 0 Å². The van der Waals surface area contributed by atoms with E-state index in [0.717, 1.165) is 17.8 Å². The van der Waals surface area contributed by atoms with Crippen LogP contribution in [-0.2, 0) is 0 Å². The number of allylic oxidation sites excluding steroid dienone is 1. The fourth-order valence-electron chi connectivity index (χ4n) is 4.50. The summed E-state index contributed by atoms with van der Waals surface area (Å²) < 4.78 is 0. The summed E-state index contributed by atoms with van der Waals surface area (Å²) in [5.41, 5.74) is 1.88. The van der Waals surface area contributed by atoms with Gasteiger partial charge in [0.25, 0.3) is 0 Å². The Balaban J connectivity index is 2.16. The molecular weight excluding hydrogens is 206 g/mol. The maximum absolute atomic E-state index is 6.95. The van der Waals surface area contributed by atoms with E-state index >= 15 is 0 Å². The van der Waals surface area contributed by atoms with E-state index < -0.39 is 0 Å². The van der Waals surface area contributed by atoms with Crippen LogP contribution in [0.25, 0.3) is 4.85 Å². The van der Waals surface area contributed by atoms with Gasteiger partial charge in [-0.3, -0.25) is 0 Å². The van der Waals surface area contributed by atoms with Crippen molar-refractivity contribution in [3.8, 4) is 0 Å². The van der Waals surface area contributed by atoms with E-state index in [-0.39, 0.29) is 0 Å². The third kappa shape index (κ3) is 2.41. The van der Waals surface area contributed by atoms with Gasteiger partial charge in [0.1, 0.15) is 0 Å². The minimum absolute atomic E-state index is 0.592. The molecule has 94 valence electrons. The summed E-state index contributed by atoms with van der Waals surface area (Å²) in [6, 6.07) is 0. The van der Waals surface area contributed by atoms with E-state index in [9.17, 15) is 0 Å². The maximum atomic E-state index is 6.95. The standard InChI is InChI=1S/C16H25N/c1-12(11-17-4)10-14-7-9-16(3)8-5-6-13(2)15(14)16/h10,13-15H,5-9,11H2,1-3H3/b12-10-/t13-,14-,15-,16-/m1/s1. The zero-order valence-corrected chi connectivity index (χ0v) is 11.5. The zero-order chi connectivity index (χ0) is 12.5. The average Bonchev–Trinajstić information content (AvgIpc) is 2.57. The van der Waals surface area contributed by atoms with Crippen molar-refractivity contribution in [3.05, 3.63) is 23.1 Å². The molecule has 0 aliphatic heterocycles. The Hall–Kier alpha value is -0.770. The highest BCUT2D eigenvalue weighted by Crippen LogP contribution is 2.57. The van der Waals surface area contributed by atoms with Crippen molar-refractivity contribution in [1.82, 2.24) is 0 Å². The van der Waals surface area contributed by atoms with Crippen molar-refractivity contribution in [2.24, 2.45) is 23.2 Å². The van der Waals surface area contributed by atoms with Crippen LogP contribution in [0.1, 0.15) is 52.9 Å². The molecule has 1 heteroatoms. The van der Waals surface area contributed by atoms with Crippen molar-refractivity contribution < 1.29 is 0 Å². The maximum Gasteiger partial charge on any atom is 0.235 e. The largest absolute Gasteiger partial charge is 0.312 e. The van der Waals surface area contributed by atoms with Crippen LogP contribution in [0.15, 0.2) is 11.6 Å². The van der Waals surface area contributed by atoms with Gasteiger partial charge in [0.05, 0.1) is 0 Å². The fourth-order valence-corrected chi connectivity index (χ4v) is 4.50. The molecular formula is C16H25N. The van der Waals surface area contributed by atoms with Crippen LogP contribution in [-0.4, -0.2) is 6.54 Å². The van der Waals surface area contributed by atoms with E-state index in [1.807, 2.05) is 0 Å². The minimum atomic E-state index is 0.592. The lowest BCUT2D eigenvalue weighted by atomic mass is 9.63. The van der Waals surface area contributed by atoms with Gasteiger partial charge in [-0.25, -0.2) is 6.57 Å². The number of fused-ring (bicyclic) bond motifs is 1. The normalized spacial score (nSPS) is 42.0. The second-order valence-corrected chi connectivity index (χ2v) is 6.58. The molecule has 2 aliphatic rings. The smallest absolute Gasteiger partial charge is 0.235 e. The highest BCUT2D eigenvalue weighted by molar-refractivity contribution is 5.12. The lowest BCUT2D eigenvalue weighted by Crippen LogP contribution is -2.34. The molecule has 2 rings (SSSR count). The van der Waals surface area contributed by atoms with Gasteiger partial charge in [-0.1, -0.05) is 32.8 Å². The molecule has 17 heavy (non-hydrogen) atoms. The van der Waals surface area contributed by atoms with Crippen LogP contribution in [0.3, 0.4) is 0 Å². The van der Waals surface area contributed by atoms with Crippen LogP contribution >= 0.6 is 0 Å². The molecule has 2 aliphatic carbocycles. The van der Waals surface area contributed by atoms with Gasteiger partial charge in [0.15, 0.2) is 0 Å². The van der Waals surface area contributed by atoms with Crippen molar-refractivity contribution in [3.63, 3.8) is 0 Å². The van der Waals surface area contributed by atoms with Crippen LogP contribution < -0.4 is 0 Å². The van der Waals surface area contributed by atoms with Crippen molar-refractivity contribution in [2.75, 3.05) is 6.54 Å². The second-order valence-electron chi connectivity index (χ2n) is 6.58. The van der Waals surface area contributed by atoms with Crippen molar-refractivity contribution in [1.29, 1.82) is 0 Å². The Morgan fingerprint density at radius 1 is 1.41 bits per heavy atom. The molecule has 0 spiro atoms. The molecule has 0 unspecified atom stereocenters. The zero-order valence-electron chi connectivity index (χ0n) is 11.5. The Bertz CT molecular complexity index is 349. The molecule has 0 saturated heterocycles. The first-order chi connectivity index (χ1) is 8.07. The topological polar surface area (TPSA) is 4.36 Å². The molecule has 0 aromatic heterocycles. The van der Waals surface area contributed by atoms with Crippen LogP contribution in [0.2, 0.25) is 0 Å². The summed E-state index contributed by atoms with van der Waals surface area (Å²) in [4.78, 5) is 3.50. The molecule has 1 nitrogen and oxygen atoms in total. The molecule has 0 radical (unpaired) electrons. The summed E-state index contributed by atoms with van der Waals surface area (Å²) in [6.07, 6.45) is 9.43. The summed E-state index contributed by atoms with van der Waals surface area (Å²) in [7, 11) is 0. The van der Waals surface area contributed by atoms with Gasteiger partial charge in [-0.05, 0) is 49.4 Å². The highest BCUT2D eigenvalue weighted by Gasteiger charge is 2.48. The van der Waals surface area contributed by atoms with Crippen LogP contribution in [0, 0.1) is 29.7 Å². The minimum Gasteiger partial charge on any atom is -0.312 e. The van der Waals surface area contributed by atoms with Crippen LogP contribution in [0.5, 0.6) is 0 Å². The van der Waals surface area contributed by atoms with Gasteiger partial charge in [0.2, 0.25) is 6.54 Å². The Labute approximate surface area is 106 Å². The van der Waals surface area contributed by atoms with E-state index in [1.54, 1.807) is 0 Å². The van der Waals surface area contributed by atoms with E-state index in [0.29, 0.717) is 12.0 Å². The van der Waals surface area contributed by atoms with Crippen molar-refractivity contribution >= 4 is 0 Å². The van der Waals surface area contributed by atoms with E-state index in [2.05, 4.69) is 31.7 Å². The molecule has 0 aromatic carbocycles. The number of hydrogen-bond donors (Lipinski definition) is 0. The summed E-state index contributed by atoms with van der Waals surface area (Å²) in [5.74, 6) is 2.49. The van der Waals surface area contributed by atoms with Crippen LogP contribution in [0.4, 0.5) is 0 Å². The number of hydrogen-bond acceptors (Lipinski definition) is 0. The lowest BCUT2D eigenvalue weighted by molar-refractivity contribution is 0.0822. The van der Waals surface area contributed by atoms with Gasteiger partial charge in [0, 0.05) is 5.57 Å². The molecule has 4 atom stereocenters. The first-order valence-corrected chi connectivity index (χ1v) is 7.07. The van der Waals surface area contributed by atoms with E-state index in [4.69, 9.17) is 6.57 Å². The van der Waals surface area contributed by atoms with Gasteiger partial charge >= 0.3 is 0 Å². The summed E-state index contributed by atoms with van der Waals surface area (Å²) >= 11 is 0. The SMILES string of the molecule is [C-]#[N+]C/C(C)=C\[C@H]1CC[C@@]2(C)CCC[C@@H](C)[C@H]12. The predicted octanol–water partition coefficient (Wildman–Crippen LogP) is 4.70. The van der Waals surface area contributed by atoms with Gasteiger partial charge < -0.3 is 4.85 Å². The first kappa shape index (κ1) is 12.7. The molecule has 2 saturated carbocycles. The van der Waals surface area contributed by atoms with Gasteiger partial charge in [-0.15, -0.1) is 0 Å². The number of rotatable bonds is 2. The third-order valence-corrected chi connectivity index (χ3v) is 5.16. The molecule has 0 amide bonds. The first-order valence-electron chi connectivity index (χ1n) is 7.07. The Morgan fingerprint density at radius 2 is 2.18 bits per heavy atom. The van der Waals surface area contributed by atoms with Crippen molar-refractivity contribution in [2.45, 2.75) is 52.9 Å². The Morgan fingerprint density at radius 3 is 2.88 bits per heavy atom. The molecule has 0 N–H and O–H groups in total.